The molecule has 1 heterocycles. The van der Waals surface area contributed by atoms with Gasteiger partial charge in [0.2, 0.25) is 5.91 Å². The summed E-state index contributed by atoms with van der Waals surface area (Å²) >= 11 is 0. The first-order valence-electron chi connectivity index (χ1n) is 7.68. The molecule has 5 nitrogen and oxygen atoms in total. The van der Waals surface area contributed by atoms with Gasteiger partial charge in [-0.1, -0.05) is 12.1 Å². The molecule has 0 aliphatic rings. The predicted octanol–water partition coefficient (Wildman–Crippen LogP) is 2.61. The predicted molar refractivity (Wildman–Crippen MR) is 89.5 cm³/mol. The van der Waals surface area contributed by atoms with E-state index in [1.54, 1.807) is 19.2 Å². The number of benzene rings is 2. The SMILES string of the molecule is COc1ccc2nc(CCNC(=O)Cc3ccc(F)cc3)[nH]c2c1. The summed E-state index contributed by atoms with van der Waals surface area (Å²) < 4.78 is 18.0. The first-order valence-corrected chi connectivity index (χ1v) is 7.68. The van der Waals surface area contributed by atoms with Crippen molar-refractivity contribution in [2.24, 2.45) is 0 Å². The number of methoxy groups -OCH3 is 1. The highest BCUT2D eigenvalue weighted by Gasteiger charge is 2.06. The fraction of sp³-hybridized carbons (Fsp3) is 0.222. The summed E-state index contributed by atoms with van der Waals surface area (Å²) in [6, 6.07) is 11.6. The van der Waals surface area contributed by atoms with Crippen molar-refractivity contribution in [3.63, 3.8) is 0 Å². The lowest BCUT2D eigenvalue weighted by molar-refractivity contribution is -0.120. The number of carbonyl (C=O) groups excluding carboxylic acids is 1. The highest BCUT2D eigenvalue weighted by molar-refractivity contribution is 5.78. The van der Waals surface area contributed by atoms with E-state index in [1.807, 2.05) is 18.2 Å². The molecule has 0 saturated heterocycles. The molecule has 0 unspecified atom stereocenters. The Morgan fingerprint density at radius 3 is 2.79 bits per heavy atom. The summed E-state index contributed by atoms with van der Waals surface area (Å²) in [5, 5.41) is 2.84. The molecule has 0 bridgehead atoms. The minimum Gasteiger partial charge on any atom is -0.497 e. The zero-order valence-electron chi connectivity index (χ0n) is 13.3. The number of amides is 1. The second-order valence-corrected chi connectivity index (χ2v) is 5.47. The maximum Gasteiger partial charge on any atom is 0.224 e. The molecule has 3 rings (SSSR count). The molecular weight excluding hydrogens is 309 g/mol. The van der Waals surface area contributed by atoms with Crippen molar-refractivity contribution >= 4 is 16.9 Å². The van der Waals surface area contributed by atoms with Crippen LogP contribution in [0.5, 0.6) is 5.75 Å². The number of H-pyrrole nitrogens is 1. The van der Waals surface area contributed by atoms with Gasteiger partial charge in [0.05, 0.1) is 24.6 Å². The summed E-state index contributed by atoms with van der Waals surface area (Å²) in [4.78, 5) is 19.6. The van der Waals surface area contributed by atoms with E-state index in [4.69, 9.17) is 4.74 Å². The number of nitrogens with zero attached hydrogens (tertiary/aromatic N) is 1. The van der Waals surface area contributed by atoms with Gasteiger partial charge in [-0.25, -0.2) is 9.37 Å². The molecule has 0 aliphatic carbocycles. The molecule has 1 amide bonds. The van der Waals surface area contributed by atoms with Crippen molar-refractivity contribution in [2.75, 3.05) is 13.7 Å². The van der Waals surface area contributed by atoms with E-state index >= 15 is 0 Å². The van der Waals surface area contributed by atoms with Crippen LogP contribution < -0.4 is 10.1 Å². The monoisotopic (exact) mass is 327 g/mol. The first kappa shape index (κ1) is 16.0. The van der Waals surface area contributed by atoms with Gasteiger partial charge in [-0.2, -0.15) is 0 Å². The number of ether oxygens (including phenoxy) is 1. The lowest BCUT2D eigenvalue weighted by atomic mass is 10.1. The first-order chi connectivity index (χ1) is 11.6. The zero-order valence-corrected chi connectivity index (χ0v) is 13.3. The number of rotatable bonds is 6. The summed E-state index contributed by atoms with van der Waals surface area (Å²) in [5.41, 5.74) is 2.55. The molecule has 0 spiro atoms. The summed E-state index contributed by atoms with van der Waals surface area (Å²) in [7, 11) is 1.62. The number of nitrogens with one attached hydrogen (secondary N) is 2. The van der Waals surface area contributed by atoms with Gasteiger partial charge in [-0.3, -0.25) is 4.79 Å². The summed E-state index contributed by atoms with van der Waals surface area (Å²) in [6.45, 7) is 0.483. The van der Waals surface area contributed by atoms with E-state index in [2.05, 4.69) is 15.3 Å². The molecular formula is C18H18FN3O2. The number of hydrogen-bond acceptors (Lipinski definition) is 3. The molecule has 124 valence electrons. The average Bonchev–Trinajstić information content (AvgIpc) is 2.98. The van der Waals surface area contributed by atoms with Gasteiger partial charge in [-0.15, -0.1) is 0 Å². The highest BCUT2D eigenvalue weighted by Crippen LogP contribution is 2.18. The smallest absolute Gasteiger partial charge is 0.224 e. The number of aromatic nitrogens is 2. The molecule has 0 fully saturated rings. The van der Waals surface area contributed by atoms with Crippen LogP contribution in [-0.4, -0.2) is 29.5 Å². The van der Waals surface area contributed by atoms with E-state index in [9.17, 15) is 9.18 Å². The molecule has 6 heteroatoms. The van der Waals surface area contributed by atoms with Gasteiger partial charge in [0.1, 0.15) is 17.4 Å². The van der Waals surface area contributed by atoms with Crippen LogP contribution in [0.1, 0.15) is 11.4 Å². The van der Waals surface area contributed by atoms with Crippen LogP contribution >= 0.6 is 0 Å². The third kappa shape index (κ3) is 3.90. The molecule has 0 saturated carbocycles. The normalized spacial score (nSPS) is 10.8. The lowest BCUT2D eigenvalue weighted by Gasteiger charge is -2.04. The van der Waals surface area contributed by atoms with Crippen molar-refractivity contribution in [3.05, 3.63) is 59.7 Å². The van der Waals surface area contributed by atoms with E-state index in [1.165, 1.54) is 12.1 Å². The van der Waals surface area contributed by atoms with Crippen LogP contribution in [0, 0.1) is 5.82 Å². The van der Waals surface area contributed by atoms with Crippen LogP contribution in [0.4, 0.5) is 4.39 Å². The van der Waals surface area contributed by atoms with Gasteiger partial charge in [0, 0.05) is 19.0 Å². The molecule has 24 heavy (non-hydrogen) atoms. The fourth-order valence-electron chi connectivity index (χ4n) is 2.46. The molecule has 1 aromatic heterocycles. The maximum atomic E-state index is 12.8. The van der Waals surface area contributed by atoms with Crippen molar-refractivity contribution < 1.29 is 13.9 Å². The minimum atomic E-state index is -0.305. The number of hydrogen-bond donors (Lipinski definition) is 2. The maximum absolute atomic E-state index is 12.8. The largest absolute Gasteiger partial charge is 0.497 e. The van der Waals surface area contributed by atoms with Crippen LogP contribution in [0.3, 0.4) is 0 Å². The lowest BCUT2D eigenvalue weighted by Crippen LogP contribution is -2.27. The number of fused-ring (bicyclic) bond motifs is 1. The van der Waals surface area contributed by atoms with Gasteiger partial charge in [0.15, 0.2) is 0 Å². The Labute approximate surface area is 138 Å². The molecule has 2 N–H and O–H groups in total. The number of aromatic amines is 1. The molecule has 3 aromatic rings. The topological polar surface area (TPSA) is 67.0 Å². The van der Waals surface area contributed by atoms with Gasteiger partial charge >= 0.3 is 0 Å². The third-order valence-electron chi connectivity index (χ3n) is 3.70. The number of imidazole rings is 1. The Kier molecular flexibility index (Phi) is 4.74. The quantitative estimate of drug-likeness (QED) is 0.731. The van der Waals surface area contributed by atoms with Crippen LogP contribution in [0.2, 0.25) is 0 Å². The average molecular weight is 327 g/mol. The van der Waals surface area contributed by atoms with E-state index in [0.29, 0.717) is 13.0 Å². The van der Waals surface area contributed by atoms with Crippen molar-refractivity contribution in [2.45, 2.75) is 12.8 Å². The van der Waals surface area contributed by atoms with Gasteiger partial charge < -0.3 is 15.0 Å². The Morgan fingerprint density at radius 1 is 1.25 bits per heavy atom. The molecule has 0 aliphatic heterocycles. The van der Waals surface area contributed by atoms with Crippen molar-refractivity contribution in [1.29, 1.82) is 0 Å². The molecule has 0 radical (unpaired) electrons. The Hall–Kier alpha value is -2.89. The van der Waals surface area contributed by atoms with Crippen LogP contribution in [0.25, 0.3) is 11.0 Å². The van der Waals surface area contributed by atoms with Crippen molar-refractivity contribution in [3.8, 4) is 5.75 Å². The fourth-order valence-corrected chi connectivity index (χ4v) is 2.46. The third-order valence-corrected chi connectivity index (χ3v) is 3.70. The Balaban J connectivity index is 1.52. The second kappa shape index (κ2) is 7.12. The summed E-state index contributed by atoms with van der Waals surface area (Å²) in [5.74, 6) is 1.17. The van der Waals surface area contributed by atoms with Gasteiger partial charge in [0.25, 0.3) is 0 Å². The molecule has 2 aromatic carbocycles. The zero-order chi connectivity index (χ0) is 16.9. The van der Waals surface area contributed by atoms with Crippen LogP contribution in [0.15, 0.2) is 42.5 Å². The van der Waals surface area contributed by atoms with E-state index < -0.39 is 0 Å². The summed E-state index contributed by atoms with van der Waals surface area (Å²) in [6.07, 6.45) is 0.837. The number of halogens is 1. The second-order valence-electron chi connectivity index (χ2n) is 5.47. The van der Waals surface area contributed by atoms with E-state index in [0.717, 1.165) is 28.2 Å². The van der Waals surface area contributed by atoms with Gasteiger partial charge in [-0.05, 0) is 29.8 Å². The highest BCUT2D eigenvalue weighted by atomic mass is 19.1. The minimum absolute atomic E-state index is 0.0978. The molecule has 0 atom stereocenters. The van der Waals surface area contributed by atoms with E-state index in [-0.39, 0.29) is 18.1 Å². The Bertz CT molecular complexity index is 843. The Morgan fingerprint density at radius 2 is 2.04 bits per heavy atom. The van der Waals surface area contributed by atoms with Crippen molar-refractivity contribution in [1.82, 2.24) is 15.3 Å². The number of carbonyl (C=O) groups is 1. The standard InChI is InChI=1S/C18H18FN3O2/c1-24-14-6-7-15-16(11-14)22-17(21-15)8-9-20-18(23)10-12-2-4-13(19)5-3-12/h2-7,11H,8-10H2,1H3,(H,20,23)(H,21,22). The van der Waals surface area contributed by atoms with Crippen LogP contribution in [-0.2, 0) is 17.6 Å².